The Hall–Kier alpha value is -3.15. The Morgan fingerprint density at radius 1 is 1.20 bits per heavy atom. The molecule has 0 amide bonds. The topological polar surface area (TPSA) is 57.1 Å². The van der Waals surface area contributed by atoms with E-state index in [1.165, 1.54) is 31.4 Å². The Morgan fingerprint density at radius 3 is 2.64 bits per heavy atom. The van der Waals surface area contributed by atoms with Gasteiger partial charge in [-0.2, -0.15) is 0 Å². The minimum atomic E-state index is -0.580. The second-order valence-corrected chi connectivity index (χ2v) is 5.15. The van der Waals surface area contributed by atoms with Gasteiger partial charge in [0, 0.05) is 11.1 Å². The molecule has 0 spiro atoms. The van der Waals surface area contributed by atoms with Crippen LogP contribution in [0.15, 0.2) is 53.2 Å². The molecule has 3 rings (SSSR count). The predicted molar refractivity (Wildman–Crippen MR) is 91.2 cm³/mol. The molecule has 25 heavy (non-hydrogen) atoms. The first-order valence-corrected chi connectivity index (χ1v) is 7.70. The molecule has 0 saturated carbocycles. The fourth-order valence-electron chi connectivity index (χ4n) is 2.41. The molecule has 0 N–H and O–H groups in total. The quantitative estimate of drug-likeness (QED) is 0.616. The normalized spacial score (nSPS) is 15.1. The second-order valence-electron chi connectivity index (χ2n) is 5.15. The summed E-state index contributed by atoms with van der Waals surface area (Å²) in [6.45, 7) is 2.36. The summed E-state index contributed by atoms with van der Waals surface area (Å²) in [6, 6.07) is 10.9. The van der Waals surface area contributed by atoms with E-state index < -0.39 is 5.97 Å². The van der Waals surface area contributed by atoms with Crippen LogP contribution >= 0.6 is 0 Å². The maximum atomic E-state index is 13.0. The summed E-state index contributed by atoms with van der Waals surface area (Å²) in [5.41, 5.74) is 1.30. The number of aliphatic imine (C=N–C) groups is 1. The van der Waals surface area contributed by atoms with Crippen molar-refractivity contribution >= 4 is 17.9 Å². The molecule has 0 radical (unpaired) electrons. The number of para-hydroxylation sites is 1. The van der Waals surface area contributed by atoms with E-state index in [2.05, 4.69) is 4.99 Å². The number of benzene rings is 2. The van der Waals surface area contributed by atoms with Gasteiger partial charge in [-0.25, -0.2) is 14.2 Å². The van der Waals surface area contributed by atoms with Crippen LogP contribution < -0.4 is 9.47 Å². The SMILES string of the molecule is CCOc1cccc(/C=C2\N=C(c3ccc(F)cc3)OC2=O)c1OC. The van der Waals surface area contributed by atoms with Crippen LogP contribution in [0.1, 0.15) is 18.1 Å². The molecule has 2 aromatic rings. The molecule has 5 nitrogen and oxygen atoms in total. The first-order chi connectivity index (χ1) is 12.1. The summed E-state index contributed by atoms with van der Waals surface area (Å²) in [5.74, 6) is 0.268. The Labute approximate surface area is 144 Å². The molecular weight excluding hydrogens is 325 g/mol. The number of rotatable bonds is 5. The van der Waals surface area contributed by atoms with E-state index >= 15 is 0 Å². The zero-order valence-corrected chi connectivity index (χ0v) is 13.8. The summed E-state index contributed by atoms with van der Waals surface area (Å²) in [7, 11) is 1.53. The Morgan fingerprint density at radius 2 is 1.96 bits per heavy atom. The van der Waals surface area contributed by atoms with Crippen LogP contribution in [0, 0.1) is 5.82 Å². The number of carbonyl (C=O) groups excluding carboxylic acids is 1. The molecule has 0 saturated heterocycles. The molecule has 1 heterocycles. The molecule has 0 fully saturated rings. The molecule has 6 heteroatoms. The standard InChI is InChI=1S/C19H16FNO4/c1-3-24-16-6-4-5-13(17(16)23-2)11-15-19(22)25-18(21-15)12-7-9-14(20)10-8-12/h4-11H,3H2,1-2H3/b15-11-. The van der Waals surface area contributed by atoms with Gasteiger partial charge >= 0.3 is 5.97 Å². The van der Waals surface area contributed by atoms with Gasteiger partial charge in [-0.05, 0) is 43.3 Å². The summed E-state index contributed by atoms with van der Waals surface area (Å²) in [6.07, 6.45) is 1.57. The maximum absolute atomic E-state index is 13.0. The largest absolute Gasteiger partial charge is 0.492 e. The van der Waals surface area contributed by atoms with E-state index in [1.54, 1.807) is 24.3 Å². The fourth-order valence-corrected chi connectivity index (χ4v) is 2.41. The Kier molecular flexibility index (Phi) is 4.79. The summed E-state index contributed by atoms with van der Waals surface area (Å²) < 4.78 is 29.1. The third kappa shape index (κ3) is 3.52. The zero-order valence-electron chi connectivity index (χ0n) is 13.8. The average Bonchev–Trinajstić information content (AvgIpc) is 2.97. The highest BCUT2D eigenvalue weighted by Gasteiger charge is 2.25. The molecule has 128 valence electrons. The van der Waals surface area contributed by atoms with Crippen LogP contribution in [0.3, 0.4) is 0 Å². The minimum Gasteiger partial charge on any atom is -0.492 e. The molecular formula is C19H16FNO4. The zero-order chi connectivity index (χ0) is 17.8. The van der Waals surface area contributed by atoms with E-state index in [0.717, 1.165) is 0 Å². The predicted octanol–water partition coefficient (Wildman–Crippen LogP) is 3.58. The molecule has 0 unspecified atom stereocenters. The monoisotopic (exact) mass is 341 g/mol. The van der Waals surface area contributed by atoms with Gasteiger partial charge in [0.25, 0.3) is 0 Å². The summed E-state index contributed by atoms with van der Waals surface area (Å²) in [5, 5.41) is 0. The number of ether oxygens (including phenoxy) is 3. The lowest BCUT2D eigenvalue weighted by atomic mass is 10.1. The number of esters is 1. The molecule has 0 atom stereocenters. The number of hydrogen-bond acceptors (Lipinski definition) is 5. The van der Waals surface area contributed by atoms with Crippen LogP contribution in [0.2, 0.25) is 0 Å². The van der Waals surface area contributed by atoms with E-state index in [4.69, 9.17) is 14.2 Å². The lowest BCUT2D eigenvalue weighted by Gasteiger charge is -2.11. The van der Waals surface area contributed by atoms with Gasteiger partial charge in [-0.1, -0.05) is 12.1 Å². The molecule has 2 aromatic carbocycles. The number of cyclic esters (lactones) is 1. The molecule has 1 aliphatic rings. The van der Waals surface area contributed by atoms with Crippen molar-refractivity contribution in [3.8, 4) is 11.5 Å². The van der Waals surface area contributed by atoms with Crippen molar-refractivity contribution in [2.45, 2.75) is 6.92 Å². The fraction of sp³-hybridized carbons (Fsp3) is 0.158. The van der Waals surface area contributed by atoms with Crippen LogP contribution in [0.5, 0.6) is 11.5 Å². The lowest BCUT2D eigenvalue weighted by molar-refractivity contribution is -0.129. The van der Waals surface area contributed by atoms with Crippen molar-refractivity contribution in [1.29, 1.82) is 0 Å². The van der Waals surface area contributed by atoms with Crippen molar-refractivity contribution in [3.05, 3.63) is 65.1 Å². The van der Waals surface area contributed by atoms with Gasteiger partial charge in [0.05, 0.1) is 13.7 Å². The first-order valence-electron chi connectivity index (χ1n) is 7.70. The Balaban J connectivity index is 1.97. The van der Waals surface area contributed by atoms with Crippen LogP contribution in [-0.4, -0.2) is 25.6 Å². The molecule has 0 aromatic heterocycles. The van der Waals surface area contributed by atoms with Crippen molar-refractivity contribution in [3.63, 3.8) is 0 Å². The van der Waals surface area contributed by atoms with Crippen molar-refractivity contribution in [1.82, 2.24) is 0 Å². The number of methoxy groups -OCH3 is 1. The van der Waals surface area contributed by atoms with Crippen LogP contribution in [0.4, 0.5) is 4.39 Å². The van der Waals surface area contributed by atoms with E-state index in [0.29, 0.717) is 29.2 Å². The van der Waals surface area contributed by atoms with E-state index in [1.807, 2.05) is 6.92 Å². The van der Waals surface area contributed by atoms with Crippen molar-refractivity contribution < 1.29 is 23.4 Å². The smallest absolute Gasteiger partial charge is 0.363 e. The number of carbonyl (C=O) groups is 1. The molecule has 1 aliphatic heterocycles. The molecule has 0 aliphatic carbocycles. The van der Waals surface area contributed by atoms with Gasteiger partial charge in [0.15, 0.2) is 17.2 Å². The van der Waals surface area contributed by atoms with Gasteiger partial charge < -0.3 is 14.2 Å². The van der Waals surface area contributed by atoms with Crippen molar-refractivity contribution in [2.24, 2.45) is 4.99 Å². The number of hydrogen-bond donors (Lipinski definition) is 0. The second kappa shape index (κ2) is 7.17. The lowest BCUT2D eigenvalue weighted by Crippen LogP contribution is -2.05. The van der Waals surface area contributed by atoms with Crippen LogP contribution in [-0.2, 0) is 9.53 Å². The first kappa shape index (κ1) is 16.7. The highest BCUT2D eigenvalue weighted by atomic mass is 19.1. The van der Waals surface area contributed by atoms with E-state index in [-0.39, 0.29) is 17.4 Å². The number of nitrogens with zero attached hydrogens (tertiary/aromatic N) is 1. The maximum Gasteiger partial charge on any atom is 0.363 e. The van der Waals surface area contributed by atoms with Gasteiger partial charge in [0.2, 0.25) is 5.90 Å². The average molecular weight is 341 g/mol. The Bertz CT molecular complexity index is 856. The highest BCUT2D eigenvalue weighted by Crippen LogP contribution is 2.33. The van der Waals surface area contributed by atoms with Gasteiger partial charge in [-0.3, -0.25) is 0 Å². The van der Waals surface area contributed by atoms with Crippen molar-refractivity contribution in [2.75, 3.05) is 13.7 Å². The molecule has 0 bridgehead atoms. The summed E-state index contributed by atoms with van der Waals surface area (Å²) in [4.78, 5) is 16.3. The summed E-state index contributed by atoms with van der Waals surface area (Å²) >= 11 is 0. The van der Waals surface area contributed by atoms with Gasteiger partial charge in [-0.15, -0.1) is 0 Å². The van der Waals surface area contributed by atoms with Crippen LogP contribution in [0.25, 0.3) is 6.08 Å². The van der Waals surface area contributed by atoms with E-state index in [9.17, 15) is 9.18 Å². The minimum absolute atomic E-state index is 0.131. The highest BCUT2D eigenvalue weighted by molar-refractivity contribution is 6.12. The third-order valence-corrected chi connectivity index (χ3v) is 3.52. The van der Waals surface area contributed by atoms with Gasteiger partial charge in [0.1, 0.15) is 5.82 Å². The third-order valence-electron chi connectivity index (χ3n) is 3.52. The number of halogens is 1.